The Morgan fingerprint density at radius 1 is 1.17 bits per heavy atom. The average molecular weight is 248 g/mol. The predicted molar refractivity (Wildman–Crippen MR) is 72.8 cm³/mol. The Hall–Kier alpha value is -1.12. The van der Waals surface area contributed by atoms with Crippen molar-refractivity contribution in [1.29, 1.82) is 0 Å². The summed E-state index contributed by atoms with van der Waals surface area (Å²) in [6.45, 7) is 15.3. The van der Waals surface area contributed by atoms with Crippen LogP contribution in [-0.4, -0.2) is 15.5 Å². The van der Waals surface area contributed by atoms with E-state index in [9.17, 15) is 4.79 Å². The van der Waals surface area contributed by atoms with E-state index in [0.717, 1.165) is 11.5 Å². The quantitative estimate of drug-likeness (QED) is 0.703. The molecule has 0 radical (unpaired) electrons. The number of hydrogen-bond acceptors (Lipinski definition) is 2. The Labute approximate surface area is 110 Å². The molecule has 0 bridgehead atoms. The van der Waals surface area contributed by atoms with Gasteiger partial charge < -0.3 is 0 Å². The maximum absolute atomic E-state index is 12.4. The van der Waals surface area contributed by atoms with Crippen LogP contribution in [-0.2, 0) is 5.41 Å². The van der Waals surface area contributed by atoms with Gasteiger partial charge in [0.25, 0.3) is 0 Å². The van der Waals surface area contributed by atoms with Crippen molar-refractivity contribution in [2.75, 3.05) is 0 Å². The van der Waals surface area contributed by atoms with E-state index in [4.69, 9.17) is 0 Å². The van der Waals surface area contributed by atoms with Gasteiger partial charge in [0.1, 0.15) is 5.82 Å². The minimum absolute atomic E-state index is 0.0155. The first-order chi connectivity index (χ1) is 8.02. The molecule has 1 aliphatic rings. The maximum atomic E-state index is 12.4. The fraction of sp³-hybridized carbons (Fsp3) is 0.733. The highest BCUT2D eigenvalue weighted by Gasteiger charge is 2.58. The number of imidazole rings is 1. The molecule has 100 valence electrons. The Morgan fingerprint density at radius 3 is 2.11 bits per heavy atom. The molecule has 0 unspecified atom stereocenters. The average Bonchev–Trinajstić information content (AvgIpc) is 2.65. The molecule has 0 aliphatic carbocycles. The van der Waals surface area contributed by atoms with E-state index in [1.54, 1.807) is 0 Å². The highest BCUT2D eigenvalue weighted by Crippen LogP contribution is 2.58. The first kappa shape index (κ1) is 13.3. The van der Waals surface area contributed by atoms with Gasteiger partial charge in [-0.2, -0.15) is 0 Å². The number of aryl methyl sites for hydroxylation is 1. The van der Waals surface area contributed by atoms with Crippen molar-refractivity contribution in [3.63, 3.8) is 0 Å². The molecule has 3 heteroatoms. The van der Waals surface area contributed by atoms with Crippen molar-refractivity contribution < 1.29 is 4.79 Å². The van der Waals surface area contributed by atoms with E-state index in [2.05, 4.69) is 46.5 Å². The predicted octanol–water partition coefficient (Wildman–Crippen LogP) is 3.57. The largest absolute Gasteiger partial charge is 0.274 e. The van der Waals surface area contributed by atoms with Crippen LogP contribution < -0.4 is 0 Å². The lowest BCUT2D eigenvalue weighted by Gasteiger charge is -2.50. The number of carbonyl (C=O) groups is 1. The number of nitrogens with zero attached hydrogens (tertiary/aromatic N) is 2. The summed E-state index contributed by atoms with van der Waals surface area (Å²) < 4.78 is 1.82. The van der Waals surface area contributed by atoms with Gasteiger partial charge in [-0.05, 0) is 17.8 Å². The lowest BCUT2D eigenvalue weighted by Crippen LogP contribution is -2.49. The van der Waals surface area contributed by atoms with E-state index in [0.29, 0.717) is 6.42 Å². The summed E-state index contributed by atoms with van der Waals surface area (Å²) in [5.74, 6) is 0.996. The second-order valence-corrected chi connectivity index (χ2v) is 7.50. The van der Waals surface area contributed by atoms with Crippen LogP contribution in [0.3, 0.4) is 0 Å². The SMILES string of the molecule is Cc1ncc2n1C(=O)CC2(C(C)(C)C)C(C)(C)C. The molecular weight excluding hydrogens is 224 g/mol. The molecule has 0 saturated carbocycles. The second kappa shape index (κ2) is 3.46. The van der Waals surface area contributed by atoms with Gasteiger partial charge in [0.05, 0.1) is 5.69 Å². The van der Waals surface area contributed by atoms with Crippen LogP contribution in [0.25, 0.3) is 0 Å². The van der Waals surface area contributed by atoms with Crippen molar-refractivity contribution in [1.82, 2.24) is 9.55 Å². The summed E-state index contributed by atoms with van der Waals surface area (Å²) >= 11 is 0. The molecule has 3 nitrogen and oxygen atoms in total. The van der Waals surface area contributed by atoms with Gasteiger partial charge in [-0.25, -0.2) is 4.98 Å². The van der Waals surface area contributed by atoms with Crippen molar-refractivity contribution in [3.8, 4) is 0 Å². The fourth-order valence-corrected chi connectivity index (χ4v) is 3.88. The Bertz CT molecular complexity index is 484. The van der Waals surface area contributed by atoms with Crippen LogP contribution in [0.15, 0.2) is 6.20 Å². The lowest BCUT2D eigenvalue weighted by molar-refractivity contribution is 0.0474. The molecule has 0 saturated heterocycles. The molecule has 0 atom stereocenters. The molecule has 0 N–H and O–H groups in total. The van der Waals surface area contributed by atoms with E-state index < -0.39 is 0 Å². The smallest absolute Gasteiger partial charge is 0.233 e. The van der Waals surface area contributed by atoms with Gasteiger partial charge in [0, 0.05) is 18.0 Å². The van der Waals surface area contributed by atoms with Crippen LogP contribution in [0.4, 0.5) is 0 Å². The number of fused-ring (bicyclic) bond motifs is 1. The normalized spacial score (nSPS) is 19.2. The van der Waals surface area contributed by atoms with Crippen molar-refractivity contribution in [2.45, 2.75) is 60.3 Å². The highest BCUT2D eigenvalue weighted by atomic mass is 16.2. The number of carbonyl (C=O) groups excluding carboxylic acids is 1. The van der Waals surface area contributed by atoms with Gasteiger partial charge in [0.2, 0.25) is 5.91 Å². The maximum Gasteiger partial charge on any atom is 0.233 e. The third kappa shape index (κ3) is 1.42. The number of aromatic nitrogens is 2. The van der Waals surface area contributed by atoms with Gasteiger partial charge >= 0.3 is 0 Å². The Kier molecular flexibility index (Phi) is 2.56. The third-order valence-corrected chi connectivity index (χ3v) is 4.60. The summed E-state index contributed by atoms with van der Waals surface area (Å²) in [5.41, 5.74) is 0.965. The zero-order valence-corrected chi connectivity index (χ0v) is 12.6. The van der Waals surface area contributed by atoms with Crippen LogP contribution in [0.2, 0.25) is 0 Å². The van der Waals surface area contributed by atoms with Gasteiger partial charge in [0.15, 0.2) is 0 Å². The zero-order valence-electron chi connectivity index (χ0n) is 12.6. The van der Waals surface area contributed by atoms with E-state index >= 15 is 0 Å². The molecule has 2 heterocycles. The summed E-state index contributed by atoms with van der Waals surface area (Å²) in [4.78, 5) is 16.7. The molecule has 2 rings (SSSR count). The van der Waals surface area contributed by atoms with E-state index in [1.165, 1.54) is 0 Å². The van der Waals surface area contributed by atoms with Crippen LogP contribution in [0, 0.1) is 17.8 Å². The van der Waals surface area contributed by atoms with E-state index in [-0.39, 0.29) is 22.2 Å². The molecule has 1 aromatic rings. The van der Waals surface area contributed by atoms with Crippen LogP contribution in [0.5, 0.6) is 0 Å². The fourth-order valence-electron chi connectivity index (χ4n) is 3.88. The Morgan fingerprint density at radius 2 is 1.67 bits per heavy atom. The van der Waals surface area contributed by atoms with E-state index in [1.807, 2.05) is 17.7 Å². The lowest BCUT2D eigenvalue weighted by atomic mass is 9.52. The minimum Gasteiger partial charge on any atom is -0.274 e. The summed E-state index contributed by atoms with van der Waals surface area (Å²) in [5, 5.41) is 0. The first-order valence-corrected chi connectivity index (χ1v) is 6.60. The molecule has 0 aromatic carbocycles. The summed E-state index contributed by atoms with van der Waals surface area (Å²) in [7, 11) is 0. The molecular formula is C15H24N2O. The second-order valence-electron chi connectivity index (χ2n) is 7.50. The minimum atomic E-state index is -0.154. The van der Waals surface area contributed by atoms with Crippen molar-refractivity contribution in [2.24, 2.45) is 10.8 Å². The van der Waals surface area contributed by atoms with Crippen LogP contribution in [0.1, 0.15) is 64.3 Å². The zero-order chi connectivity index (χ0) is 13.9. The van der Waals surface area contributed by atoms with Gasteiger partial charge in [-0.15, -0.1) is 0 Å². The first-order valence-electron chi connectivity index (χ1n) is 6.60. The number of hydrogen-bond donors (Lipinski definition) is 0. The highest BCUT2D eigenvalue weighted by molar-refractivity contribution is 5.86. The molecule has 0 fully saturated rings. The molecule has 1 aliphatic heterocycles. The topological polar surface area (TPSA) is 34.9 Å². The monoisotopic (exact) mass is 248 g/mol. The summed E-state index contributed by atoms with van der Waals surface area (Å²) in [6.07, 6.45) is 2.48. The van der Waals surface area contributed by atoms with Crippen molar-refractivity contribution in [3.05, 3.63) is 17.7 Å². The Balaban J connectivity index is 2.78. The molecule has 18 heavy (non-hydrogen) atoms. The molecule has 0 amide bonds. The standard InChI is InChI=1S/C15H24N2O/c1-10-16-9-11-15(13(2,3)4,14(5,6)7)8-12(18)17(10)11/h9H,8H2,1-7H3. The molecule has 0 spiro atoms. The number of rotatable bonds is 0. The van der Waals surface area contributed by atoms with Crippen LogP contribution >= 0.6 is 0 Å². The molecule has 1 aromatic heterocycles. The van der Waals surface area contributed by atoms with Gasteiger partial charge in [-0.1, -0.05) is 41.5 Å². The summed E-state index contributed by atoms with van der Waals surface area (Å²) in [6, 6.07) is 0. The third-order valence-electron chi connectivity index (χ3n) is 4.60. The van der Waals surface area contributed by atoms with Gasteiger partial charge in [-0.3, -0.25) is 9.36 Å². The van der Waals surface area contributed by atoms with Crippen molar-refractivity contribution >= 4 is 5.91 Å².